The van der Waals surface area contributed by atoms with Crippen molar-refractivity contribution in [2.45, 2.75) is 38.3 Å². The van der Waals surface area contributed by atoms with Crippen molar-refractivity contribution in [3.8, 4) is 11.5 Å². The first-order chi connectivity index (χ1) is 13.8. The molecule has 0 radical (unpaired) electrons. The number of esters is 1. The number of benzene rings is 2. The molecule has 29 heavy (non-hydrogen) atoms. The lowest BCUT2D eigenvalue weighted by Gasteiger charge is -2.28. The Morgan fingerprint density at radius 2 is 1.69 bits per heavy atom. The summed E-state index contributed by atoms with van der Waals surface area (Å²) in [6.07, 6.45) is 2.53. The highest BCUT2D eigenvalue weighted by atomic mass is 31.2. The summed E-state index contributed by atoms with van der Waals surface area (Å²) < 4.78 is 29.7. The number of carbonyl (C=O) groups excluding carboxylic acids is 1. The molecule has 154 valence electrons. The summed E-state index contributed by atoms with van der Waals surface area (Å²) in [4.78, 5) is 22.5. The third kappa shape index (κ3) is 5.79. The number of rotatable bonds is 9. The van der Waals surface area contributed by atoms with E-state index in [4.69, 9.17) is 13.8 Å². The third-order valence-corrected chi connectivity index (χ3v) is 5.89. The summed E-state index contributed by atoms with van der Waals surface area (Å²) in [5.41, 5.74) is -0.137. The Hall–Kier alpha value is -2.90. The number of nitrogens with zero attached hydrogens (tertiary/aromatic N) is 1. The normalized spacial score (nSPS) is 16.7. The smallest absolute Gasteiger partial charge is 0.461 e. The van der Waals surface area contributed by atoms with Crippen molar-refractivity contribution in [1.29, 1.82) is 0 Å². The van der Waals surface area contributed by atoms with E-state index in [1.807, 2.05) is 0 Å². The third-order valence-electron chi connectivity index (χ3n) is 4.28. The SMILES string of the molecule is C[C@H](N[P@@](=O)(Oc1ccccc1)Oc1ccc([N+](=O)[O-])cc1)C(=O)OC1CCC1. The second-order valence-corrected chi connectivity index (χ2v) is 8.20. The molecular weight excluding hydrogens is 399 g/mol. The van der Waals surface area contributed by atoms with Gasteiger partial charge in [-0.15, -0.1) is 0 Å². The molecule has 0 bridgehead atoms. The molecule has 1 saturated carbocycles. The van der Waals surface area contributed by atoms with E-state index in [9.17, 15) is 19.5 Å². The molecule has 0 heterocycles. The molecule has 1 aliphatic rings. The first-order valence-corrected chi connectivity index (χ1v) is 10.7. The maximum Gasteiger partial charge on any atom is 0.513 e. The Bertz CT molecular complexity index is 901. The molecule has 9 nitrogen and oxygen atoms in total. The fourth-order valence-corrected chi connectivity index (χ4v) is 4.02. The van der Waals surface area contributed by atoms with Gasteiger partial charge in [0.1, 0.15) is 23.6 Å². The monoisotopic (exact) mass is 420 g/mol. The number of nitro benzene ring substituents is 1. The first kappa shape index (κ1) is 20.8. The molecule has 1 aliphatic carbocycles. The lowest BCUT2D eigenvalue weighted by Crippen LogP contribution is -2.39. The van der Waals surface area contributed by atoms with E-state index in [1.165, 1.54) is 31.2 Å². The molecule has 0 amide bonds. The number of hydrogen-bond donors (Lipinski definition) is 1. The quantitative estimate of drug-likeness (QED) is 0.277. The molecule has 0 spiro atoms. The minimum atomic E-state index is -4.07. The zero-order chi connectivity index (χ0) is 20.9. The summed E-state index contributed by atoms with van der Waals surface area (Å²) in [5, 5.41) is 13.4. The van der Waals surface area contributed by atoms with Crippen LogP contribution in [0.15, 0.2) is 54.6 Å². The zero-order valence-electron chi connectivity index (χ0n) is 15.7. The average Bonchev–Trinajstić information content (AvgIpc) is 2.65. The van der Waals surface area contributed by atoms with E-state index in [-0.39, 0.29) is 23.3 Å². The van der Waals surface area contributed by atoms with Gasteiger partial charge in [0.2, 0.25) is 0 Å². The Morgan fingerprint density at radius 1 is 1.10 bits per heavy atom. The summed E-state index contributed by atoms with van der Waals surface area (Å²) in [6.45, 7) is 1.50. The van der Waals surface area contributed by atoms with Crippen molar-refractivity contribution >= 4 is 19.4 Å². The van der Waals surface area contributed by atoms with Crippen LogP contribution in [0.2, 0.25) is 0 Å². The summed E-state index contributed by atoms with van der Waals surface area (Å²) in [7, 11) is -4.07. The van der Waals surface area contributed by atoms with Crippen molar-refractivity contribution in [2.75, 3.05) is 0 Å². The van der Waals surface area contributed by atoms with Crippen LogP contribution in [0.4, 0.5) is 5.69 Å². The molecule has 2 aromatic rings. The molecule has 10 heteroatoms. The van der Waals surface area contributed by atoms with Gasteiger partial charge in [0.15, 0.2) is 0 Å². The molecule has 3 rings (SSSR count). The van der Waals surface area contributed by atoms with Gasteiger partial charge in [-0.3, -0.25) is 14.9 Å². The van der Waals surface area contributed by atoms with Crippen LogP contribution in [0.5, 0.6) is 11.5 Å². The molecule has 2 aromatic carbocycles. The van der Waals surface area contributed by atoms with Crippen molar-refractivity contribution in [3.63, 3.8) is 0 Å². The van der Waals surface area contributed by atoms with Gasteiger partial charge in [0, 0.05) is 12.1 Å². The molecule has 0 unspecified atom stereocenters. The van der Waals surface area contributed by atoms with E-state index in [1.54, 1.807) is 30.3 Å². The van der Waals surface area contributed by atoms with Crippen molar-refractivity contribution in [1.82, 2.24) is 5.09 Å². The van der Waals surface area contributed by atoms with Crippen molar-refractivity contribution < 1.29 is 28.1 Å². The van der Waals surface area contributed by atoms with Crippen LogP contribution in [-0.2, 0) is 14.1 Å². The van der Waals surface area contributed by atoms with Crippen molar-refractivity contribution in [2.24, 2.45) is 0 Å². The predicted octanol–water partition coefficient (Wildman–Crippen LogP) is 4.23. The van der Waals surface area contributed by atoms with Gasteiger partial charge in [-0.1, -0.05) is 18.2 Å². The minimum Gasteiger partial charge on any atom is -0.461 e. The molecule has 1 fully saturated rings. The number of carbonyl (C=O) groups is 1. The lowest BCUT2D eigenvalue weighted by molar-refractivity contribution is -0.384. The van der Waals surface area contributed by atoms with Crippen LogP contribution in [-0.4, -0.2) is 23.0 Å². The maximum atomic E-state index is 13.4. The van der Waals surface area contributed by atoms with Crippen LogP contribution in [0, 0.1) is 10.1 Å². The summed E-state index contributed by atoms with van der Waals surface area (Å²) >= 11 is 0. The fraction of sp³-hybridized carbons (Fsp3) is 0.316. The van der Waals surface area contributed by atoms with Gasteiger partial charge >= 0.3 is 13.7 Å². The Balaban J connectivity index is 1.75. The van der Waals surface area contributed by atoms with Gasteiger partial charge in [0.05, 0.1) is 4.92 Å². The second kappa shape index (κ2) is 9.07. The van der Waals surface area contributed by atoms with Gasteiger partial charge in [-0.25, -0.2) is 4.57 Å². The van der Waals surface area contributed by atoms with Gasteiger partial charge in [-0.2, -0.15) is 5.09 Å². The standard InChI is InChI=1S/C19H21N2O7P/c1-14(19(22)26-16-8-5-9-16)20-29(25,27-17-6-3-2-4-7-17)28-18-12-10-15(11-13-18)21(23)24/h2-4,6-7,10-14,16H,5,8-9H2,1H3,(H,20,25)/t14-,29+/m0/s1. The average molecular weight is 420 g/mol. The molecule has 0 aromatic heterocycles. The molecule has 1 N–H and O–H groups in total. The Labute approximate surface area is 167 Å². The van der Waals surface area contributed by atoms with E-state index < -0.39 is 24.7 Å². The van der Waals surface area contributed by atoms with Crippen LogP contribution in [0.25, 0.3) is 0 Å². The van der Waals surface area contributed by atoms with Crippen LogP contribution in [0.1, 0.15) is 26.2 Å². The van der Waals surface area contributed by atoms with Crippen LogP contribution in [0.3, 0.4) is 0 Å². The second-order valence-electron chi connectivity index (χ2n) is 6.58. The summed E-state index contributed by atoms with van der Waals surface area (Å²) in [5.74, 6) is -0.203. The van der Waals surface area contributed by atoms with Crippen molar-refractivity contribution in [3.05, 3.63) is 64.7 Å². The Morgan fingerprint density at radius 3 is 2.21 bits per heavy atom. The number of ether oxygens (including phenoxy) is 1. The highest BCUT2D eigenvalue weighted by Crippen LogP contribution is 2.45. The minimum absolute atomic E-state index is 0.0851. The number of hydrogen-bond acceptors (Lipinski definition) is 7. The highest BCUT2D eigenvalue weighted by Gasteiger charge is 2.35. The van der Waals surface area contributed by atoms with Gasteiger partial charge in [0.25, 0.3) is 5.69 Å². The lowest BCUT2D eigenvalue weighted by atomic mass is 9.96. The number of nitro groups is 1. The predicted molar refractivity (Wildman–Crippen MR) is 105 cm³/mol. The first-order valence-electron chi connectivity index (χ1n) is 9.12. The topological polar surface area (TPSA) is 117 Å². The largest absolute Gasteiger partial charge is 0.513 e. The fourth-order valence-electron chi connectivity index (χ4n) is 2.50. The molecule has 0 saturated heterocycles. The van der Waals surface area contributed by atoms with E-state index in [2.05, 4.69) is 5.09 Å². The number of para-hydroxylation sites is 1. The number of non-ortho nitro benzene ring substituents is 1. The van der Waals surface area contributed by atoms with E-state index in [0.717, 1.165) is 19.3 Å². The zero-order valence-corrected chi connectivity index (χ0v) is 16.6. The summed E-state index contributed by atoms with van der Waals surface area (Å²) in [6, 6.07) is 12.4. The highest BCUT2D eigenvalue weighted by molar-refractivity contribution is 7.52. The van der Waals surface area contributed by atoms with E-state index >= 15 is 0 Å². The maximum absolute atomic E-state index is 13.4. The van der Waals surface area contributed by atoms with Gasteiger partial charge < -0.3 is 13.8 Å². The molecule has 2 atom stereocenters. The van der Waals surface area contributed by atoms with Crippen LogP contribution < -0.4 is 14.1 Å². The Kier molecular flexibility index (Phi) is 6.51. The number of nitrogens with one attached hydrogen (secondary N) is 1. The van der Waals surface area contributed by atoms with Gasteiger partial charge in [-0.05, 0) is 50.5 Å². The molecular formula is C19H21N2O7P. The van der Waals surface area contributed by atoms with Crippen LogP contribution >= 0.6 is 7.75 Å². The van der Waals surface area contributed by atoms with E-state index in [0.29, 0.717) is 0 Å². The molecule has 0 aliphatic heterocycles.